The van der Waals surface area contributed by atoms with Crippen molar-refractivity contribution < 1.29 is 14.3 Å². The van der Waals surface area contributed by atoms with E-state index >= 15 is 0 Å². The Kier molecular flexibility index (Phi) is 5.09. The van der Waals surface area contributed by atoms with Gasteiger partial charge in [-0.05, 0) is 42.0 Å². The van der Waals surface area contributed by atoms with Crippen LogP contribution in [0.5, 0.6) is 0 Å². The van der Waals surface area contributed by atoms with Crippen LogP contribution >= 0.6 is 0 Å². The standard InChI is InChI=1S/C21H19NO3/c1-2-22(19-10-4-3-5-11-19)20(23)15-25-21(24)18-13-12-16-8-6-7-9-17(16)14-18/h3-14H,2,15H2,1H3. The summed E-state index contributed by atoms with van der Waals surface area (Å²) in [7, 11) is 0. The molecule has 3 aromatic carbocycles. The van der Waals surface area contributed by atoms with Gasteiger partial charge in [-0.2, -0.15) is 0 Å². The topological polar surface area (TPSA) is 46.6 Å². The molecule has 0 aliphatic heterocycles. The van der Waals surface area contributed by atoms with Gasteiger partial charge in [0.2, 0.25) is 0 Å². The lowest BCUT2D eigenvalue weighted by Gasteiger charge is -2.20. The normalized spacial score (nSPS) is 10.4. The lowest BCUT2D eigenvalue weighted by atomic mass is 10.1. The zero-order valence-electron chi connectivity index (χ0n) is 14.0. The summed E-state index contributed by atoms with van der Waals surface area (Å²) in [4.78, 5) is 26.2. The number of anilines is 1. The van der Waals surface area contributed by atoms with Crippen LogP contribution in [0.25, 0.3) is 10.8 Å². The van der Waals surface area contributed by atoms with Crippen molar-refractivity contribution in [1.82, 2.24) is 0 Å². The summed E-state index contributed by atoms with van der Waals surface area (Å²) < 4.78 is 5.21. The molecule has 4 nitrogen and oxygen atoms in total. The number of benzene rings is 3. The summed E-state index contributed by atoms with van der Waals surface area (Å²) in [5.41, 5.74) is 1.23. The van der Waals surface area contributed by atoms with E-state index in [9.17, 15) is 9.59 Å². The molecule has 4 heteroatoms. The highest BCUT2D eigenvalue weighted by Gasteiger charge is 2.16. The number of fused-ring (bicyclic) bond motifs is 1. The summed E-state index contributed by atoms with van der Waals surface area (Å²) in [5.74, 6) is -0.744. The highest BCUT2D eigenvalue weighted by molar-refractivity contribution is 5.98. The summed E-state index contributed by atoms with van der Waals surface area (Å²) in [5, 5.41) is 2.01. The van der Waals surface area contributed by atoms with Crippen LogP contribution in [0, 0.1) is 0 Å². The second-order valence-corrected chi connectivity index (χ2v) is 5.61. The van der Waals surface area contributed by atoms with Gasteiger partial charge in [-0.25, -0.2) is 4.79 Å². The largest absolute Gasteiger partial charge is 0.452 e. The van der Waals surface area contributed by atoms with E-state index in [1.807, 2.05) is 67.6 Å². The van der Waals surface area contributed by atoms with Gasteiger partial charge < -0.3 is 9.64 Å². The fraction of sp³-hybridized carbons (Fsp3) is 0.143. The smallest absolute Gasteiger partial charge is 0.338 e. The van der Waals surface area contributed by atoms with E-state index in [1.165, 1.54) is 0 Å². The maximum Gasteiger partial charge on any atom is 0.338 e. The van der Waals surface area contributed by atoms with Crippen molar-refractivity contribution >= 4 is 28.3 Å². The van der Waals surface area contributed by atoms with Gasteiger partial charge in [0.1, 0.15) is 0 Å². The third-order valence-electron chi connectivity index (χ3n) is 4.00. The molecule has 3 aromatic rings. The lowest BCUT2D eigenvalue weighted by Crippen LogP contribution is -2.34. The van der Waals surface area contributed by atoms with Crippen molar-refractivity contribution in [2.24, 2.45) is 0 Å². The summed E-state index contributed by atoms with van der Waals surface area (Å²) >= 11 is 0. The van der Waals surface area contributed by atoms with Crippen LogP contribution in [0.3, 0.4) is 0 Å². The first-order valence-corrected chi connectivity index (χ1v) is 8.20. The van der Waals surface area contributed by atoms with Crippen molar-refractivity contribution in [2.45, 2.75) is 6.92 Å². The Balaban J connectivity index is 1.67. The molecule has 0 heterocycles. The molecule has 0 fully saturated rings. The number of para-hydroxylation sites is 1. The van der Waals surface area contributed by atoms with Crippen LogP contribution in [0.1, 0.15) is 17.3 Å². The van der Waals surface area contributed by atoms with E-state index in [0.29, 0.717) is 12.1 Å². The van der Waals surface area contributed by atoms with Gasteiger partial charge in [0, 0.05) is 12.2 Å². The molecule has 1 amide bonds. The molecule has 25 heavy (non-hydrogen) atoms. The van der Waals surface area contributed by atoms with Gasteiger partial charge in [-0.3, -0.25) is 4.79 Å². The van der Waals surface area contributed by atoms with Crippen molar-refractivity contribution in [3.63, 3.8) is 0 Å². The molecule has 126 valence electrons. The molecule has 0 saturated carbocycles. The van der Waals surface area contributed by atoms with Crippen LogP contribution < -0.4 is 4.90 Å². The predicted octanol–water partition coefficient (Wildman–Crippen LogP) is 4.05. The molecule has 0 spiro atoms. The third kappa shape index (κ3) is 3.86. The maximum absolute atomic E-state index is 12.4. The minimum atomic E-state index is -0.497. The average molecular weight is 333 g/mol. The minimum absolute atomic E-state index is 0.247. The van der Waals surface area contributed by atoms with Gasteiger partial charge >= 0.3 is 5.97 Å². The van der Waals surface area contributed by atoms with Gasteiger partial charge in [0.15, 0.2) is 6.61 Å². The van der Waals surface area contributed by atoms with E-state index in [2.05, 4.69) is 0 Å². The number of carbonyl (C=O) groups excluding carboxylic acids is 2. The maximum atomic E-state index is 12.4. The quantitative estimate of drug-likeness (QED) is 0.662. The number of ether oxygens (including phenoxy) is 1. The molecule has 3 rings (SSSR count). The van der Waals surface area contributed by atoms with E-state index in [0.717, 1.165) is 16.5 Å². The third-order valence-corrected chi connectivity index (χ3v) is 4.00. The van der Waals surface area contributed by atoms with Crippen LogP contribution in [-0.2, 0) is 9.53 Å². The molecule has 0 aliphatic carbocycles. The number of rotatable bonds is 5. The van der Waals surface area contributed by atoms with Gasteiger partial charge in [0.25, 0.3) is 5.91 Å². The van der Waals surface area contributed by atoms with Crippen LogP contribution in [0.2, 0.25) is 0 Å². The number of hydrogen-bond acceptors (Lipinski definition) is 3. The highest BCUT2D eigenvalue weighted by Crippen LogP contribution is 2.17. The Morgan fingerprint density at radius 1 is 0.880 bits per heavy atom. The molecule has 0 radical (unpaired) electrons. The predicted molar refractivity (Wildman–Crippen MR) is 98.7 cm³/mol. The summed E-state index contributed by atoms with van der Waals surface area (Å²) in [6.45, 7) is 2.11. The molecular formula is C21H19NO3. The molecule has 0 atom stereocenters. The van der Waals surface area contributed by atoms with Gasteiger partial charge in [0.05, 0.1) is 5.56 Å². The molecular weight excluding hydrogens is 314 g/mol. The molecule has 0 aliphatic rings. The number of hydrogen-bond donors (Lipinski definition) is 0. The fourth-order valence-corrected chi connectivity index (χ4v) is 2.72. The fourth-order valence-electron chi connectivity index (χ4n) is 2.72. The minimum Gasteiger partial charge on any atom is -0.452 e. The first-order chi connectivity index (χ1) is 12.2. The van der Waals surface area contributed by atoms with E-state index in [4.69, 9.17) is 4.74 Å². The van der Waals surface area contributed by atoms with E-state index < -0.39 is 5.97 Å². The average Bonchev–Trinajstić information content (AvgIpc) is 2.67. The van der Waals surface area contributed by atoms with Crippen molar-refractivity contribution in [3.8, 4) is 0 Å². The van der Waals surface area contributed by atoms with Crippen LogP contribution in [0.15, 0.2) is 72.8 Å². The first kappa shape index (κ1) is 16.7. The Bertz CT molecular complexity index is 890. The number of likely N-dealkylation sites (N-methyl/N-ethyl adjacent to an activating group) is 1. The highest BCUT2D eigenvalue weighted by atomic mass is 16.5. The van der Waals surface area contributed by atoms with Crippen molar-refractivity contribution in [1.29, 1.82) is 0 Å². The van der Waals surface area contributed by atoms with Crippen LogP contribution in [-0.4, -0.2) is 25.0 Å². The van der Waals surface area contributed by atoms with E-state index in [1.54, 1.807) is 17.0 Å². The van der Waals surface area contributed by atoms with Crippen molar-refractivity contribution in [2.75, 3.05) is 18.1 Å². The lowest BCUT2D eigenvalue weighted by molar-refractivity contribution is -0.121. The Hall–Kier alpha value is -3.14. The SMILES string of the molecule is CCN(C(=O)COC(=O)c1ccc2ccccc2c1)c1ccccc1. The Morgan fingerprint density at radius 2 is 1.56 bits per heavy atom. The molecule has 0 N–H and O–H groups in total. The monoisotopic (exact) mass is 333 g/mol. The Labute approximate surface area is 146 Å². The number of carbonyl (C=O) groups is 2. The molecule has 0 bridgehead atoms. The second kappa shape index (κ2) is 7.62. The second-order valence-electron chi connectivity index (χ2n) is 5.61. The molecule has 0 aromatic heterocycles. The number of esters is 1. The molecule has 0 unspecified atom stereocenters. The number of amides is 1. The molecule has 0 saturated heterocycles. The zero-order valence-corrected chi connectivity index (χ0v) is 14.0. The van der Waals surface area contributed by atoms with Crippen molar-refractivity contribution in [3.05, 3.63) is 78.4 Å². The number of nitrogens with zero attached hydrogens (tertiary/aromatic N) is 1. The van der Waals surface area contributed by atoms with Gasteiger partial charge in [-0.15, -0.1) is 0 Å². The zero-order chi connectivity index (χ0) is 17.6. The Morgan fingerprint density at radius 3 is 2.28 bits per heavy atom. The first-order valence-electron chi connectivity index (χ1n) is 8.20. The van der Waals surface area contributed by atoms with E-state index in [-0.39, 0.29) is 12.5 Å². The van der Waals surface area contributed by atoms with Crippen LogP contribution in [0.4, 0.5) is 5.69 Å². The van der Waals surface area contributed by atoms with Gasteiger partial charge in [-0.1, -0.05) is 48.5 Å². The summed E-state index contributed by atoms with van der Waals surface area (Å²) in [6.07, 6.45) is 0. The summed E-state index contributed by atoms with van der Waals surface area (Å²) in [6, 6.07) is 22.5.